The van der Waals surface area contributed by atoms with E-state index in [1.807, 2.05) is 6.20 Å². The van der Waals surface area contributed by atoms with Crippen molar-refractivity contribution in [3.05, 3.63) is 22.3 Å². The molecule has 0 radical (unpaired) electrons. The Balaban J connectivity index is 1.87. The molecule has 100 valence electrons. The lowest BCUT2D eigenvalue weighted by Gasteiger charge is -2.29. The number of hydrogen-bond acceptors (Lipinski definition) is 3. The Morgan fingerprint density at radius 3 is 2.78 bits per heavy atom. The van der Waals surface area contributed by atoms with E-state index in [0.717, 1.165) is 16.8 Å². The largest absolute Gasteiger partial charge is 0.365 e. The lowest BCUT2D eigenvalue weighted by Crippen LogP contribution is -2.38. The molecule has 0 saturated carbocycles. The Bertz CT molecular complexity index is 389. The first kappa shape index (κ1) is 13.8. The zero-order valence-electron chi connectivity index (χ0n) is 11.2. The summed E-state index contributed by atoms with van der Waals surface area (Å²) in [5.74, 6) is 0.949. The van der Waals surface area contributed by atoms with Crippen LogP contribution >= 0.6 is 15.9 Å². The number of nitrogens with one attached hydrogen (secondary N) is 1. The molecule has 1 atom stereocenters. The van der Waals surface area contributed by atoms with Gasteiger partial charge >= 0.3 is 0 Å². The number of anilines is 1. The van der Waals surface area contributed by atoms with E-state index in [1.54, 1.807) is 0 Å². The minimum Gasteiger partial charge on any atom is -0.365 e. The number of aromatic nitrogens is 1. The summed E-state index contributed by atoms with van der Waals surface area (Å²) < 4.78 is 1.05. The van der Waals surface area contributed by atoms with Crippen LogP contribution in [-0.2, 0) is 0 Å². The highest BCUT2D eigenvalue weighted by Gasteiger charge is 2.14. The van der Waals surface area contributed by atoms with Crippen molar-refractivity contribution in [2.75, 3.05) is 25.0 Å². The molecule has 3 nitrogen and oxygen atoms in total. The number of rotatable bonds is 4. The molecule has 1 aliphatic rings. The highest BCUT2D eigenvalue weighted by molar-refractivity contribution is 9.10. The van der Waals surface area contributed by atoms with E-state index in [-0.39, 0.29) is 0 Å². The molecule has 0 bridgehead atoms. The van der Waals surface area contributed by atoms with Crippen molar-refractivity contribution in [1.82, 2.24) is 9.88 Å². The van der Waals surface area contributed by atoms with Gasteiger partial charge < -0.3 is 10.2 Å². The fourth-order valence-corrected chi connectivity index (χ4v) is 3.03. The van der Waals surface area contributed by atoms with E-state index in [0.29, 0.717) is 6.04 Å². The number of nitrogens with zero attached hydrogens (tertiary/aromatic N) is 2. The molecule has 0 aliphatic carbocycles. The van der Waals surface area contributed by atoms with Crippen LogP contribution < -0.4 is 5.32 Å². The van der Waals surface area contributed by atoms with Gasteiger partial charge in [0.2, 0.25) is 0 Å². The quantitative estimate of drug-likeness (QED) is 0.923. The fraction of sp³-hybridized carbons (Fsp3) is 0.643. The van der Waals surface area contributed by atoms with Crippen molar-refractivity contribution in [3.63, 3.8) is 0 Å². The Morgan fingerprint density at radius 1 is 1.39 bits per heavy atom. The first-order valence-electron chi connectivity index (χ1n) is 6.76. The van der Waals surface area contributed by atoms with E-state index in [9.17, 15) is 0 Å². The van der Waals surface area contributed by atoms with Crippen LogP contribution in [0.1, 0.15) is 31.7 Å². The van der Waals surface area contributed by atoms with Crippen molar-refractivity contribution >= 4 is 21.7 Å². The molecule has 0 aromatic carbocycles. The fourth-order valence-electron chi connectivity index (χ4n) is 2.45. The molecular formula is C14H22BrN3. The molecule has 1 fully saturated rings. The Kier molecular flexibility index (Phi) is 5.01. The van der Waals surface area contributed by atoms with Crippen LogP contribution in [0.3, 0.4) is 0 Å². The number of halogens is 1. The summed E-state index contributed by atoms with van der Waals surface area (Å²) in [5, 5.41) is 3.49. The lowest BCUT2D eigenvalue weighted by molar-refractivity contribution is 0.223. The summed E-state index contributed by atoms with van der Waals surface area (Å²) in [7, 11) is 0. The van der Waals surface area contributed by atoms with Crippen molar-refractivity contribution in [3.8, 4) is 0 Å². The van der Waals surface area contributed by atoms with Crippen molar-refractivity contribution in [2.24, 2.45) is 0 Å². The summed E-state index contributed by atoms with van der Waals surface area (Å²) >= 11 is 3.56. The summed E-state index contributed by atoms with van der Waals surface area (Å²) in [4.78, 5) is 6.98. The maximum absolute atomic E-state index is 4.43. The minimum atomic E-state index is 0.426. The van der Waals surface area contributed by atoms with Crippen molar-refractivity contribution in [1.29, 1.82) is 0 Å². The SMILES string of the molecule is Cc1cnc(NC(C)CN2CCCCC2)c(Br)c1. The van der Waals surface area contributed by atoms with Gasteiger partial charge in [-0.2, -0.15) is 0 Å². The maximum atomic E-state index is 4.43. The number of hydrogen-bond donors (Lipinski definition) is 1. The van der Waals surface area contributed by atoms with E-state index < -0.39 is 0 Å². The van der Waals surface area contributed by atoms with Gasteiger partial charge in [-0.25, -0.2) is 4.98 Å². The minimum absolute atomic E-state index is 0.426. The third kappa shape index (κ3) is 3.95. The van der Waals surface area contributed by atoms with Crippen LogP contribution in [0.4, 0.5) is 5.82 Å². The number of pyridine rings is 1. The van der Waals surface area contributed by atoms with Crippen LogP contribution in [0.25, 0.3) is 0 Å². The second-order valence-corrected chi connectivity index (χ2v) is 6.10. The van der Waals surface area contributed by atoms with Gasteiger partial charge in [0, 0.05) is 18.8 Å². The van der Waals surface area contributed by atoms with Crippen LogP contribution in [0.5, 0.6) is 0 Å². The van der Waals surface area contributed by atoms with Crippen molar-refractivity contribution < 1.29 is 0 Å². The third-order valence-electron chi connectivity index (χ3n) is 3.34. The standard InChI is InChI=1S/C14H22BrN3/c1-11-8-13(15)14(16-9-11)17-12(2)10-18-6-4-3-5-7-18/h8-9,12H,3-7,10H2,1-2H3,(H,16,17). The number of likely N-dealkylation sites (tertiary alicyclic amines) is 1. The monoisotopic (exact) mass is 311 g/mol. The molecule has 0 amide bonds. The van der Waals surface area contributed by atoms with Gasteiger partial charge in [-0.15, -0.1) is 0 Å². The average molecular weight is 312 g/mol. The molecule has 1 aliphatic heterocycles. The molecule has 1 aromatic rings. The van der Waals surface area contributed by atoms with Gasteiger partial charge in [0.25, 0.3) is 0 Å². The van der Waals surface area contributed by atoms with Gasteiger partial charge in [-0.1, -0.05) is 6.42 Å². The van der Waals surface area contributed by atoms with Gasteiger partial charge in [0.05, 0.1) is 4.47 Å². The zero-order valence-corrected chi connectivity index (χ0v) is 12.8. The highest BCUT2D eigenvalue weighted by Crippen LogP contribution is 2.21. The number of aryl methyl sites for hydroxylation is 1. The van der Waals surface area contributed by atoms with Crippen LogP contribution in [0, 0.1) is 6.92 Å². The Morgan fingerprint density at radius 2 is 2.11 bits per heavy atom. The van der Waals surface area contributed by atoms with E-state index >= 15 is 0 Å². The first-order chi connectivity index (χ1) is 8.65. The van der Waals surface area contributed by atoms with E-state index in [1.165, 1.54) is 37.9 Å². The average Bonchev–Trinajstić information content (AvgIpc) is 2.34. The molecular weight excluding hydrogens is 290 g/mol. The van der Waals surface area contributed by atoms with Gasteiger partial charge in [0.1, 0.15) is 5.82 Å². The van der Waals surface area contributed by atoms with Gasteiger partial charge in [-0.3, -0.25) is 0 Å². The van der Waals surface area contributed by atoms with Gasteiger partial charge in [0.15, 0.2) is 0 Å². The smallest absolute Gasteiger partial charge is 0.140 e. The summed E-state index contributed by atoms with van der Waals surface area (Å²) in [6, 6.07) is 2.53. The predicted molar refractivity (Wildman–Crippen MR) is 80.0 cm³/mol. The molecule has 2 rings (SSSR count). The topological polar surface area (TPSA) is 28.2 Å². The predicted octanol–water partition coefficient (Wildman–Crippen LogP) is 3.44. The van der Waals surface area contributed by atoms with Crippen LogP contribution in [-0.4, -0.2) is 35.6 Å². The molecule has 1 N–H and O–H groups in total. The first-order valence-corrected chi connectivity index (χ1v) is 7.55. The Labute approximate surface area is 118 Å². The van der Waals surface area contributed by atoms with Gasteiger partial charge in [-0.05, 0) is 67.3 Å². The summed E-state index contributed by atoms with van der Waals surface area (Å²) in [5.41, 5.74) is 1.18. The molecule has 0 spiro atoms. The maximum Gasteiger partial charge on any atom is 0.140 e. The Hall–Kier alpha value is -0.610. The highest BCUT2D eigenvalue weighted by atomic mass is 79.9. The molecule has 1 aromatic heterocycles. The molecule has 2 heterocycles. The lowest BCUT2D eigenvalue weighted by atomic mass is 10.1. The second kappa shape index (κ2) is 6.53. The number of piperidine rings is 1. The molecule has 1 unspecified atom stereocenters. The molecule has 1 saturated heterocycles. The summed E-state index contributed by atoms with van der Waals surface area (Å²) in [6.07, 6.45) is 5.99. The molecule has 4 heteroatoms. The van der Waals surface area contributed by atoms with E-state index in [4.69, 9.17) is 0 Å². The normalized spacial score (nSPS) is 18.6. The van der Waals surface area contributed by atoms with Crippen LogP contribution in [0.2, 0.25) is 0 Å². The zero-order chi connectivity index (χ0) is 13.0. The summed E-state index contributed by atoms with van der Waals surface area (Å²) in [6.45, 7) is 7.87. The van der Waals surface area contributed by atoms with Crippen LogP contribution in [0.15, 0.2) is 16.7 Å². The van der Waals surface area contributed by atoms with Crippen molar-refractivity contribution in [2.45, 2.75) is 39.2 Å². The van der Waals surface area contributed by atoms with E-state index in [2.05, 4.69) is 51.0 Å². The third-order valence-corrected chi connectivity index (χ3v) is 3.95. The molecule has 18 heavy (non-hydrogen) atoms. The second-order valence-electron chi connectivity index (χ2n) is 5.25.